The Labute approximate surface area is 178 Å². The maximum Gasteiger partial charge on any atom is 0.257 e. The number of nitrogens with zero attached hydrogens (tertiary/aromatic N) is 3. The Morgan fingerprint density at radius 2 is 2.03 bits per heavy atom. The van der Waals surface area contributed by atoms with Crippen LogP contribution in [0.5, 0.6) is 0 Å². The van der Waals surface area contributed by atoms with Crippen molar-refractivity contribution >= 4 is 24.2 Å². The second kappa shape index (κ2) is 11.0. The van der Waals surface area contributed by atoms with Gasteiger partial charge in [0.2, 0.25) is 5.91 Å². The average Bonchev–Trinajstić information content (AvgIpc) is 3.14. The quantitative estimate of drug-likeness (QED) is 0.716. The largest absolute Gasteiger partial charge is 0.355 e. The second-order valence-corrected chi connectivity index (χ2v) is 7.17. The zero-order chi connectivity index (χ0) is 19.9. The number of nitrogens with one attached hydrogen (secondary N) is 1. The van der Waals surface area contributed by atoms with E-state index in [9.17, 15) is 9.59 Å². The molecule has 1 aromatic heterocycles. The molecule has 29 heavy (non-hydrogen) atoms. The molecule has 1 aromatic carbocycles. The van der Waals surface area contributed by atoms with Gasteiger partial charge in [0.1, 0.15) is 0 Å². The number of aromatic nitrogens is 2. The molecular formula is C21H30ClN5O2. The van der Waals surface area contributed by atoms with Crippen LogP contribution in [0.15, 0.2) is 36.5 Å². The zero-order valence-electron chi connectivity index (χ0n) is 16.8. The highest BCUT2D eigenvalue weighted by atomic mass is 35.5. The molecular weight excluding hydrogens is 390 g/mol. The molecule has 7 nitrogen and oxygen atoms in total. The molecule has 158 valence electrons. The van der Waals surface area contributed by atoms with Crippen LogP contribution < -0.4 is 11.1 Å². The van der Waals surface area contributed by atoms with Gasteiger partial charge in [-0.15, -0.1) is 12.4 Å². The molecule has 2 amide bonds. The van der Waals surface area contributed by atoms with Gasteiger partial charge in [-0.1, -0.05) is 37.3 Å². The van der Waals surface area contributed by atoms with Crippen molar-refractivity contribution in [3.63, 3.8) is 0 Å². The van der Waals surface area contributed by atoms with Crippen LogP contribution in [-0.2, 0) is 17.8 Å². The predicted molar refractivity (Wildman–Crippen MR) is 115 cm³/mol. The minimum atomic E-state index is -0.173. The highest BCUT2D eigenvalue weighted by Gasteiger charge is 2.30. The van der Waals surface area contributed by atoms with Crippen molar-refractivity contribution in [1.29, 1.82) is 0 Å². The first-order valence-electron chi connectivity index (χ1n) is 9.99. The molecule has 3 rings (SSSR count). The monoisotopic (exact) mass is 419 g/mol. The molecule has 1 saturated heterocycles. The molecule has 3 N–H and O–H groups in total. The standard InChI is InChI=1S/C21H29N5O2.ClH/c1-2-19-18(13-24-26(19)14-16-7-4-3-5-8-16)21(28)25-12-6-9-17(15-25)20(27)23-11-10-22;/h3-5,7-8,13,17H,2,6,9-12,14-15,22H2,1H3,(H,23,27);1H. The van der Waals surface area contributed by atoms with Crippen LogP contribution in [0.25, 0.3) is 0 Å². The SMILES string of the molecule is CCc1c(C(=O)N2CCCC(C(=O)NCCN)C2)cnn1Cc1ccccc1.Cl. The average molecular weight is 420 g/mol. The maximum atomic E-state index is 13.1. The number of rotatable bonds is 7. The number of benzene rings is 1. The summed E-state index contributed by atoms with van der Waals surface area (Å²) in [5.74, 6) is -0.223. The van der Waals surface area contributed by atoms with Crippen LogP contribution in [0, 0.1) is 5.92 Å². The van der Waals surface area contributed by atoms with Gasteiger partial charge in [0.25, 0.3) is 5.91 Å². The first kappa shape index (κ1) is 22.9. The van der Waals surface area contributed by atoms with Crippen LogP contribution in [-0.4, -0.2) is 52.7 Å². The summed E-state index contributed by atoms with van der Waals surface area (Å²) in [5, 5.41) is 7.31. The smallest absolute Gasteiger partial charge is 0.257 e. The van der Waals surface area contributed by atoms with Crippen molar-refractivity contribution in [3.8, 4) is 0 Å². The Morgan fingerprint density at radius 3 is 2.72 bits per heavy atom. The third-order valence-corrected chi connectivity index (χ3v) is 5.21. The lowest BCUT2D eigenvalue weighted by Gasteiger charge is -2.32. The first-order chi connectivity index (χ1) is 13.6. The molecule has 1 unspecified atom stereocenters. The zero-order valence-corrected chi connectivity index (χ0v) is 17.7. The van der Waals surface area contributed by atoms with E-state index in [-0.39, 0.29) is 30.1 Å². The van der Waals surface area contributed by atoms with E-state index in [1.807, 2.05) is 29.8 Å². The van der Waals surface area contributed by atoms with E-state index in [1.165, 1.54) is 0 Å². The third-order valence-electron chi connectivity index (χ3n) is 5.21. The summed E-state index contributed by atoms with van der Waals surface area (Å²) >= 11 is 0. The van der Waals surface area contributed by atoms with E-state index >= 15 is 0 Å². The number of hydrogen-bond acceptors (Lipinski definition) is 4. The fraction of sp³-hybridized carbons (Fsp3) is 0.476. The maximum absolute atomic E-state index is 13.1. The molecule has 0 saturated carbocycles. The highest BCUT2D eigenvalue weighted by molar-refractivity contribution is 5.95. The number of halogens is 1. The van der Waals surface area contributed by atoms with Crippen LogP contribution >= 0.6 is 12.4 Å². The second-order valence-electron chi connectivity index (χ2n) is 7.17. The van der Waals surface area contributed by atoms with E-state index in [0.29, 0.717) is 38.3 Å². The minimum Gasteiger partial charge on any atom is -0.355 e. The van der Waals surface area contributed by atoms with Gasteiger partial charge in [0, 0.05) is 26.2 Å². The lowest BCUT2D eigenvalue weighted by atomic mass is 9.96. The van der Waals surface area contributed by atoms with E-state index < -0.39 is 0 Å². The molecule has 0 spiro atoms. The predicted octanol–water partition coefficient (Wildman–Crippen LogP) is 1.84. The van der Waals surface area contributed by atoms with Gasteiger partial charge < -0.3 is 16.0 Å². The normalized spacial score (nSPS) is 16.2. The molecule has 1 fully saturated rings. The van der Waals surface area contributed by atoms with Gasteiger partial charge in [-0.2, -0.15) is 5.10 Å². The number of amides is 2. The van der Waals surface area contributed by atoms with Gasteiger partial charge in [0.05, 0.1) is 29.9 Å². The van der Waals surface area contributed by atoms with Crippen LogP contribution in [0.1, 0.15) is 41.4 Å². The van der Waals surface area contributed by atoms with Crippen molar-refractivity contribution < 1.29 is 9.59 Å². The Hall–Kier alpha value is -2.38. The van der Waals surface area contributed by atoms with Gasteiger partial charge >= 0.3 is 0 Å². The van der Waals surface area contributed by atoms with Crippen molar-refractivity contribution in [1.82, 2.24) is 20.0 Å². The van der Waals surface area contributed by atoms with E-state index in [0.717, 1.165) is 30.5 Å². The van der Waals surface area contributed by atoms with Crippen molar-refractivity contribution in [2.75, 3.05) is 26.2 Å². The van der Waals surface area contributed by atoms with Crippen LogP contribution in [0.3, 0.4) is 0 Å². The summed E-state index contributed by atoms with van der Waals surface area (Å²) in [6.45, 7) is 4.68. The number of carbonyl (C=O) groups is 2. The number of likely N-dealkylation sites (tertiary alicyclic amines) is 1. The molecule has 2 aromatic rings. The fourth-order valence-electron chi connectivity index (χ4n) is 3.74. The Morgan fingerprint density at radius 1 is 1.28 bits per heavy atom. The van der Waals surface area contributed by atoms with E-state index in [1.54, 1.807) is 11.1 Å². The van der Waals surface area contributed by atoms with Crippen molar-refractivity contribution in [2.24, 2.45) is 11.7 Å². The Bertz CT molecular complexity index is 809. The topological polar surface area (TPSA) is 93.2 Å². The summed E-state index contributed by atoms with van der Waals surface area (Å²) in [7, 11) is 0. The lowest BCUT2D eigenvalue weighted by molar-refractivity contribution is -0.126. The van der Waals surface area contributed by atoms with Crippen molar-refractivity contribution in [3.05, 3.63) is 53.3 Å². The van der Waals surface area contributed by atoms with Gasteiger partial charge in [-0.05, 0) is 24.8 Å². The van der Waals surface area contributed by atoms with Gasteiger partial charge in [-0.3, -0.25) is 14.3 Å². The molecule has 8 heteroatoms. The number of piperidine rings is 1. The molecule has 1 atom stereocenters. The van der Waals surface area contributed by atoms with Crippen LogP contribution in [0.2, 0.25) is 0 Å². The summed E-state index contributed by atoms with van der Waals surface area (Å²) in [5.41, 5.74) is 8.18. The Kier molecular flexibility index (Phi) is 8.67. The molecule has 0 bridgehead atoms. The summed E-state index contributed by atoms with van der Waals surface area (Å²) in [6, 6.07) is 10.1. The number of hydrogen-bond donors (Lipinski definition) is 2. The first-order valence-corrected chi connectivity index (χ1v) is 9.99. The fourth-order valence-corrected chi connectivity index (χ4v) is 3.74. The third kappa shape index (κ3) is 5.58. The van der Waals surface area contributed by atoms with Gasteiger partial charge in [0.15, 0.2) is 0 Å². The lowest BCUT2D eigenvalue weighted by Crippen LogP contribution is -2.46. The molecule has 1 aliphatic rings. The summed E-state index contributed by atoms with van der Waals surface area (Å²) in [6.07, 6.45) is 4.02. The van der Waals surface area contributed by atoms with Gasteiger partial charge in [-0.25, -0.2) is 0 Å². The molecule has 1 aliphatic heterocycles. The molecule has 2 heterocycles. The number of carbonyl (C=O) groups excluding carboxylic acids is 2. The Balaban J connectivity index is 0.00000300. The van der Waals surface area contributed by atoms with E-state index in [2.05, 4.69) is 22.5 Å². The minimum absolute atomic E-state index is 0. The van der Waals surface area contributed by atoms with Crippen molar-refractivity contribution in [2.45, 2.75) is 32.7 Å². The summed E-state index contributed by atoms with van der Waals surface area (Å²) in [4.78, 5) is 27.2. The van der Waals surface area contributed by atoms with Crippen LogP contribution in [0.4, 0.5) is 0 Å². The summed E-state index contributed by atoms with van der Waals surface area (Å²) < 4.78 is 1.90. The van der Waals surface area contributed by atoms with E-state index in [4.69, 9.17) is 5.73 Å². The molecule has 0 radical (unpaired) electrons. The highest BCUT2D eigenvalue weighted by Crippen LogP contribution is 2.21. The number of nitrogens with two attached hydrogens (primary N) is 1. The molecule has 0 aliphatic carbocycles.